The van der Waals surface area contributed by atoms with Crippen LogP contribution in [-0.4, -0.2) is 13.1 Å². The van der Waals surface area contributed by atoms with E-state index >= 15 is 0 Å². The molecule has 0 heterocycles. The monoisotopic (exact) mass is 293 g/mol. The summed E-state index contributed by atoms with van der Waals surface area (Å²) in [7, 11) is 1.35. The van der Waals surface area contributed by atoms with Crippen LogP contribution < -0.4 is 0 Å². The van der Waals surface area contributed by atoms with E-state index in [1.165, 1.54) is 7.11 Å². The molecule has 1 atom stereocenters. The molecule has 0 saturated carbocycles. The predicted octanol–water partition coefficient (Wildman–Crippen LogP) is 1.25. The zero-order chi connectivity index (χ0) is 5.86. The minimum absolute atomic E-state index is 0. The van der Waals surface area contributed by atoms with Crippen molar-refractivity contribution in [3.63, 3.8) is 0 Å². The molecule has 9 heavy (non-hydrogen) atoms. The molecule has 52 valence electrons. The second-order valence-electron chi connectivity index (χ2n) is 1.42. The molecule has 0 saturated heterocycles. The second kappa shape index (κ2) is 8.82. The molecule has 2 nitrogen and oxygen atoms in total. The van der Waals surface area contributed by atoms with Crippen molar-refractivity contribution in [3.05, 3.63) is 6.92 Å². The number of carbonyl (C=O) groups is 1. The summed E-state index contributed by atoms with van der Waals surface area (Å²) < 4.78 is 4.31. The Bertz CT molecular complexity index is 75.4. The summed E-state index contributed by atoms with van der Waals surface area (Å²) in [6.07, 6.45) is 0. The first-order chi connectivity index (χ1) is 3.18. The van der Waals surface area contributed by atoms with Gasteiger partial charge in [0, 0.05) is 19.5 Å². The van der Waals surface area contributed by atoms with Crippen LogP contribution in [0.2, 0.25) is 0 Å². The summed E-state index contributed by atoms with van der Waals surface area (Å²) in [5.41, 5.74) is 0. The molecule has 1 unspecified atom stereocenters. The van der Waals surface area contributed by atoms with Gasteiger partial charge in [0.25, 0.3) is 5.97 Å². The average molecular weight is 294 g/mol. The summed E-state index contributed by atoms with van der Waals surface area (Å²) >= 11 is 0. The average Bonchev–Trinajstić information content (AvgIpc) is 1.65. The van der Waals surface area contributed by atoms with E-state index in [0.29, 0.717) is 0 Å². The number of halogens is 1. The van der Waals surface area contributed by atoms with Crippen LogP contribution in [0.25, 0.3) is 0 Å². The van der Waals surface area contributed by atoms with Crippen molar-refractivity contribution in [1.29, 1.82) is 0 Å². The third-order valence-electron chi connectivity index (χ3n) is 0.604. The third-order valence-corrected chi connectivity index (χ3v) is 0.604. The van der Waals surface area contributed by atoms with Crippen LogP contribution in [0.5, 0.6) is 0 Å². The Hall–Kier alpha value is 0.823. The van der Waals surface area contributed by atoms with Crippen LogP contribution in [0.4, 0.5) is 0 Å². The fourth-order valence-corrected chi connectivity index (χ4v) is 0.201. The largest absolute Gasteiger partial charge is 0.471 e. The molecule has 0 amide bonds. The molecule has 0 spiro atoms. The van der Waals surface area contributed by atoms with E-state index in [-0.39, 0.29) is 55.3 Å². The van der Waals surface area contributed by atoms with E-state index in [1.54, 1.807) is 6.92 Å². The molecule has 0 aliphatic carbocycles. The van der Waals surface area contributed by atoms with Crippen molar-refractivity contribution in [2.24, 2.45) is 5.92 Å². The van der Waals surface area contributed by atoms with Crippen LogP contribution in [-0.2, 0) is 29.0 Å². The Balaban J connectivity index is -0.000000180. The number of hydrogen-bond acceptors (Lipinski definition) is 2. The quantitative estimate of drug-likeness (QED) is 0.315. The smallest absolute Gasteiger partial charge is 0.277 e. The fourth-order valence-electron chi connectivity index (χ4n) is 0.201. The van der Waals surface area contributed by atoms with Crippen molar-refractivity contribution < 1.29 is 29.0 Å². The summed E-state index contributed by atoms with van der Waals surface area (Å²) in [5, 5.41) is 0. The topological polar surface area (TPSA) is 26.3 Å². The van der Waals surface area contributed by atoms with Crippen LogP contribution in [0, 0.1) is 12.8 Å². The number of carbonyl (C=O) groups excluding carboxylic acids is 1. The van der Waals surface area contributed by atoms with Crippen molar-refractivity contribution >= 4 is 29.9 Å². The standard InChI is InChI=1S/C5H9O2.HI.Zn/c1-4(2)5(6)7-3;;/h4H,1H2,2-3H3;1H;/q-1;;. The minimum Gasteiger partial charge on any atom is -0.471 e. The van der Waals surface area contributed by atoms with Gasteiger partial charge in [-0.1, -0.05) is 12.8 Å². The van der Waals surface area contributed by atoms with E-state index in [2.05, 4.69) is 11.7 Å². The van der Waals surface area contributed by atoms with Crippen LogP contribution in [0.1, 0.15) is 6.92 Å². The number of hydrogen-bond donors (Lipinski definition) is 0. The molecule has 0 aromatic heterocycles. The number of esters is 1. The zero-order valence-electron chi connectivity index (χ0n) is 5.72. The van der Waals surface area contributed by atoms with Crippen molar-refractivity contribution in [3.8, 4) is 0 Å². The van der Waals surface area contributed by atoms with Gasteiger partial charge in [-0.2, -0.15) is 0 Å². The number of rotatable bonds is 1. The SMILES string of the molecule is I.[CH2-]C(C)C(=O)OC.[Zn]. The van der Waals surface area contributed by atoms with Crippen LogP contribution >= 0.6 is 24.0 Å². The molecule has 0 aromatic rings. The molecule has 0 rings (SSSR count). The first-order valence-corrected chi connectivity index (χ1v) is 2.09. The van der Waals surface area contributed by atoms with E-state index in [1.807, 2.05) is 0 Å². The molecule has 0 N–H and O–H groups in total. The van der Waals surface area contributed by atoms with Gasteiger partial charge in [0.2, 0.25) is 0 Å². The van der Waals surface area contributed by atoms with Gasteiger partial charge in [-0.3, -0.25) is 4.79 Å². The van der Waals surface area contributed by atoms with Crippen molar-refractivity contribution in [2.75, 3.05) is 7.11 Å². The van der Waals surface area contributed by atoms with Gasteiger partial charge >= 0.3 is 0 Å². The Kier molecular flexibility index (Phi) is 16.1. The molecule has 0 fully saturated rings. The molecular weight excluding hydrogens is 284 g/mol. The van der Waals surface area contributed by atoms with Crippen molar-refractivity contribution in [1.82, 2.24) is 0 Å². The maximum absolute atomic E-state index is 10.2. The summed E-state index contributed by atoms with van der Waals surface area (Å²) in [6.45, 7) is 5.12. The Morgan fingerprint density at radius 3 is 2.00 bits per heavy atom. The van der Waals surface area contributed by atoms with Gasteiger partial charge in [0.15, 0.2) is 0 Å². The molecule has 0 radical (unpaired) electrons. The summed E-state index contributed by atoms with van der Waals surface area (Å²) in [5.74, 6) is -0.509. The number of methoxy groups -OCH3 is 1. The van der Waals surface area contributed by atoms with Gasteiger partial charge in [0.1, 0.15) is 0 Å². The molecule has 0 aliphatic rings. The molecule has 0 aliphatic heterocycles. The third kappa shape index (κ3) is 8.82. The first kappa shape index (κ1) is 16.4. The molecular formula is C5H10IO2Zn-. The normalized spacial score (nSPS) is 10.1. The summed E-state index contributed by atoms with van der Waals surface area (Å²) in [4.78, 5) is 10.2. The van der Waals surface area contributed by atoms with Gasteiger partial charge < -0.3 is 11.7 Å². The van der Waals surface area contributed by atoms with Gasteiger partial charge in [0.05, 0.1) is 7.11 Å². The minimum atomic E-state index is -0.264. The summed E-state index contributed by atoms with van der Waals surface area (Å²) in [6, 6.07) is 0. The second-order valence-corrected chi connectivity index (χ2v) is 1.42. The number of ether oxygens (including phenoxy) is 1. The molecule has 4 heteroatoms. The Labute approximate surface area is 85.5 Å². The zero-order valence-corrected chi connectivity index (χ0v) is 11.0. The van der Waals surface area contributed by atoms with Gasteiger partial charge in [-0.15, -0.1) is 24.0 Å². The van der Waals surface area contributed by atoms with E-state index in [4.69, 9.17) is 0 Å². The maximum atomic E-state index is 10.2. The van der Waals surface area contributed by atoms with Crippen molar-refractivity contribution in [2.45, 2.75) is 6.92 Å². The molecule has 0 bridgehead atoms. The Morgan fingerprint density at radius 2 is 2.00 bits per heavy atom. The molecule has 0 aromatic carbocycles. The fraction of sp³-hybridized carbons (Fsp3) is 0.600. The van der Waals surface area contributed by atoms with E-state index in [0.717, 1.165) is 0 Å². The predicted molar refractivity (Wildman–Crippen MR) is 42.0 cm³/mol. The van der Waals surface area contributed by atoms with Crippen LogP contribution in [0.15, 0.2) is 0 Å². The van der Waals surface area contributed by atoms with Crippen LogP contribution in [0.3, 0.4) is 0 Å². The maximum Gasteiger partial charge on any atom is 0.277 e. The first-order valence-electron chi connectivity index (χ1n) is 2.09. The van der Waals surface area contributed by atoms with Gasteiger partial charge in [-0.25, -0.2) is 0 Å². The van der Waals surface area contributed by atoms with Gasteiger partial charge in [-0.05, 0) is 0 Å². The van der Waals surface area contributed by atoms with E-state index < -0.39 is 0 Å². The Morgan fingerprint density at radius 1 is 1.67 bits per heavy atom. The van der Waals surface area contributed by atoms with E-state index in [9.17, 15) is 4.79 Å².